The third kappa shape index (κ3) is 6.16. The second-order valence-corrected chi connectivity index (χ2v) is 3.42. The molecule has 12 heavy (non-hydrogen) atoms. The van der Waals surface area contributed by atoms with Crippen molar-refractivity contribution in [3.63, 3.8) is 0 Å². The van der Waals surface area contributed by atoms with E-state index in [1.54, 1.807) is 0 Å². The summed E-state index contributed by atoms with van der Waals surface area (Å²) in [5.41, 5.74) is 4.93. The Morgan fingerprint density at radius 1 is 1.50 bits per heavy atom. The van der Waals surface area contributed by atoms with Gasteiger partial charge in [0.1, 0.15) is 0 Å². The van der Waals surface area contributed by atoms with Gasteiger partial charge in [0.25, 0.3) is 0 Å². The molecule has 0 aromatic carbocycles. The molecular weight excluding hydrogens is 154 g/mol. The van der Waals surface area contributed by atoms with Crippen molar-refractivity contribution in [1.29, 1.82) is 0 Å². The largest absolute Gasteiger partial charge is 0.393 e. The average Bonchev–Trinajstić information content (AvgIpc) is 1.99. The molecule has 0 saturated carbocycles. The lowest BCUT2D eigenvalue weighted by molar-refractivity contribution is -0.119. The highest BCUT2D eigenvalue weighted by Gasteiger charge is 2.09. The van der Waals surface area contributed by atoms with Crippen LogP contribution in [0.4, 0.5) is 0 Å². The van der Waals surface area contributed by atoms with Crippen LogP contribution in [-0.4, -0.2) is 17.1 Å². The summed E-state index contributed by atoms with van der Waals surface area (Å²) in [7, 11) is 0. The molecule has 2 atom stereocenters. The average molecular weight is 173 g/mol. The molecule has 0 heterocycles. The van der Waals surface area contributed by atoms with Crippen LogP contribution in [0.5, 0.6) is 0 Å². The van der Waals surface area contributed by atoms with Gasteiger partial charge in [0, 0.05) is 0 Å². The highest BCUT2D eigenvalue weighted by atomic mass is 16.3. The van der Waals surface area contributed by atoms with Gasteiger partial charge >= 0.3 is 0 Å². The number of carbonyl (C=O) groups is 1. The molecule has 0 aliphatic carbocycles. The number of rotatable bonds is 6. The van der Waals surface area contributed by atoms with E-state index in [4.69, 9.17) is 5.73 Å². The molecule has 0 rings (SSSR count). The SMILES string of the molecule is CCC(C)CCC(O)CC(N)=O. The number of aliphatic hydroxyl groups is 1. The second-order valence-electron chi connectivity index (χ2n) is 3.42. The van der Waals surface area contributed by atoms with E-state index in [9.17, 15) is 9.90 Å². The molecule has 0 bridgehead atoms. The zero-order valence-electron chi connectivity index (χ0n) is 7.92. The molecule has 0 saturated heterocycles. The molecule has 0 fully saturated rings. The van der Waals surface area contributed by atoms with Gasteiger partial charge in [-0.3, -0.25) is 4.79 Å². The van der Waals surface area contributed by atoms with Crippen LogP contribution in [-0.2, 0) is 4.79 Å². The van der Waals surface area contributed by atoms with Crippen LogP contribution >= 0.6 is 0 Å². The fraction of sp³-hybridized carbons (Fsp3) is 0.889. The molecule has 2 unspecified atom stereocenters. The topological polar surface area (TPSA) is 63.3 Å². The molecule has 0 aromatic rings. The molecule has 0 aliphatic rings. The number of carbonyl (C=O) groups excluding carboxylic acids is 1. The summed E-state index contributed by atoms with van der Waals surface area (Å²) in [6.07, 6.45) is 2.30. The molecule has 0 radical (unpaired) electrons. The van der Waals surface area contributed by atoms with Gasteiger partial charge in [-0.25, -0.2) is 0 Å². The predicted molar refractivity (Wildman–Crippen MR) is 48.5 cm³/mol. The Morgan fingerprint density at radius 3 is 2.50 bits per heavy atom. The lowest BCUT2D eigenvalue weighted by atomic mass is 9.99. The fourth-order valence-corrected chi connectivity index (χ4v) is 1.02. The Bertz CT molecular complexity index is 136. The van der Waals surface area contributed by atoms with E-state index < -0.39 is 12.0 Å². The van der Waals surface area contributed by atoms with Crippen LogP contribution in [0.3, 0.4) is 0 Å². The third-order valence-corrected chi connectivity index (χ3v) is 2.13. The van der Waals surface area contributed by atoms with Crippen LogP contribution < -0.4 is 5.73 Å². The summed E-state index contributed by atoms with van der Waals surface area (Å²) in [5.74, 6) is 0.194. The molecular formula is C9H19NO2. The maximum atomic E-state index is 10.4. The number of hydrogen-bond acceptors (Lipinski definition) is 2. The molecule has 1 amide bonds. The van der Waals surface area contributed by atoms with Gasteiger partial charge < -0.3 is 10.8 Å². The normalized spacial score (nSPS) is 15.6. The Morgan fingerprint density at radius 2 is 2.08 bits per heavy atom. The summed E-state index contributed by atoms with van der Waals surface area (Å²) in [6, 6.07) is 0. The first kappa shape index (κ1) is 11.4. The van der Waals surface area contributed by atoms with Gasteiger partial charge in [0.15, 0.2) is 0 Å². The quantitative estimate of drug-likeness (QED) is 0.630. The molecule has 0 aliphatic heterocycles. The number of amides is 1. The van der Waals surface area contributed by atoms with Gasteiger partial charge in [-0.1, -0.05) is 20.3 Å². The van der Waals surface area contributed by atoms with Gasteiger partial charge in [-0.05, 0) is 18.8 Å². The number of primary amides is 1. The van der Waals surface area contributed by atoms with Crippen molar-refractivity contribution < 1.29 is 9.90 Å². The first-order chi connectivity index (χ1) is 5.56. The molecule has 3 N–H and O–H groups in total. The standard InChI is InChI=1S/C9H19NO2/c1-3-7(2)4-5-8(11)6-9(10)12/h7-8,11H,3-6H2,1-2H3,(H2,10,12). The van der Waals surface area contributed by atoms with Gasteiger partial charge in [-0.15, -0.1) is 0 Å². The van der Waals surface area contributed by atoms with E-state index in [-0.39, 0.29) is 6.42 Å². The van der Waals surface area contributed by atoms with E-state index in [0.29, 0.717) is 12.3 Å². The summed E-state index contributed by atoms with van der Waals surface area (Å²) >= 11 is 0. The maximum Gasteiger partial charge on any atom is 0.220 e. The second kappa shape index (κ2) is 6.00. The van der Waals surface area contributed by atoms with Crippen molar-refractivity contribution in [3.05, 3.63) is 0 Å². The summed E-state index contributed by atoms with van der Waals surface area (Å²) < 4.78 is 0. The monoisotopic (exact) mass is 173 g/mol. The van der Waals surface area contributed by atoms with Crippen LogP contribution in [0.15, 0.2) is 0 Å². The van der Waals surface area contributed by atoms with Gasteiger partial charge in [0.2, 0.25) is 5.91 Å². The first-order valence-electron chi connectivity index (χ1n) is 4.52. The summed E-state index contributed by atoms with van der Waals surface area (Å²) in [5, 5.41) is 9.26. The van der Waals surface area contributed by atoms with Crippen molar-refractivity contribution in [2.45, 2.75) is 45.6 Å². The molecule has 3 nitrogen and oxygen atoms in total. The smallest absolute Gasteiger partial charge is 0.220 e. The van der Waals surface area contributed by atoms with E-state index in [1.165, 1.54) is 0 Å². The lowest BCUT2D eigenvalue weighted by Crippen LogP contribution is -2.20. The number of hydrogen-bond donors (Lipinski definition) is 2. The van der Waals surface area contributed by atoms with Crippen molar-refractivity contribution in [2.75, 3.05) is 0 Å². The van der Waals surface area contributed by atoms with Crippen molar-refractivity contribution in [1.82, 2.24) is 0 Å². The minimum Gasteiger partial charge on any atom is -0.393 e. The van der Waals surface area contributed by atoms with Crippen LogP contribution in [0.2, 0.25) is 0 Å². The van der Waals surface area contributed by atoms with Crippen LogP contribution in [0, 0.1) is 5.92 Å². The maximum absolute atomic E-state index is 10.4. The molecule has 3 heteroatoms. The zero-order chi connectivity index (χ0) is 9.56. The molecule has 0 spiro atoms. The van der Waals surface area contributed by atoms with E-state index in [1.807, 2.05) is 0 Å². The highest BCUT2D eigenvalue weighted by Crippen LogP contribution is 2.12. The lowest BCUT2D eigenvalue weighted by Gasteiger charge is -2.11. The number of aliphatic hydroxyl groups excluding tert-OH is 1. The Kier molecular flexibility index (Phi) is 5.72. The fourth-order valence-electron chi connectivity index (χ4n) is 1.02. The van der Waals surface area contributed by atoms with E-state index in [2.05, 4.69) is 13.8 Å². The van der Waals surface area contributed by atoms with E-state index in [0.717, 1.165) is 12.8 Å². The Balaban J connectivity index is 3.43. The predicted octanol–water partition coefficient (Wildman–Crippen LogP) is 1.05. The van der Waals surface area contributed by atoms with Crippen LogP contribution in [0.25, 0.3) is 0 Å². The zero-order valence-corrected chi connectivity index (χ0v) is 7.92. The minimum atomic E-state index is -0.545. The number of nitrogens with two attached hydrogens (primary N) is 1. The summed E-state index contributed by atoms with van der Waals surface area (Å²) in [4.78, 5) is 10.4. The Labute approximate surface area is 74.0 Å². The Hall–Kier alpha value is -0.570. The minimum absolute atomic E-state index is 0.0937. The van der Waals surface area contributed by atoms with Crippen molar-refractivity contribution >= 4 is 5.91 Å². The van der Waals surface area contributed by atoms with Crippen molar-refractivity contribution in [3.8, 4) is 0 Å². The molecule has 0 aromatic heterocycles. The van der Waals surface area contributed by atoms with Gasteiger partial charge in [0.05, 0.1) is 12.5 Å². The van der Waals surface area contributed by atoms with Crippen molar-refractivity contribution in [2.24, 2.45) is 11.7 Å². The molecule has 72 valence electrons. The first-order valence-corrected chi connectivity index (χ1v) is 4.52. The third-order valence-electron chi connectivity index (χ3n) is 2.13. The van der Waals surface area contributed by atoms with Crippen LogP contribution in [0.1, 0.15) is 39.5 Å². The van der Waals surface area contributed by atoms with E-state index >= 15 is 0 Å². The summed E-state index contributed by atoms with van der Waals surface area (Å²) in [6.45, 7) is 4.25. The highest BCUT2D eigenvalue weighted by molar-refractivity contribution is 5.74. The van der Waals surface area contributed by atoms with Gasteiger partial charge in [-0.2, -0.15) is 0 Å².